The molecule has 0 rings (SSSR count). The summed E-state index contributed by atoms with van der Waals surface area (Å²) in [5, 5.41) is 0. The molecule has 0 aromatic heterocycles. The Morgan fingerprint density at radius 3 is 1.39 bits per heavy atom. The zero-order chi connectivity index (χ0) is 20.9. The van der Waals surface area contributed by atoms with Gasteiger partial charge < -0.3 is 4.74 Å². The minimum absolute atomic E-state index is 0.00894. The molecule has 2 nitrogen and oxygen atoms in total. The van der Waals surface area contributed by atoms with E-state index < -0.39 is 4.51 Å². The maximum absolute atomic E-state index is 12.4. The average molecular weight is 462 g/mol. The van der Waals surface area contributed by atoms with Gasteiger partial charge in [0.05, 0.1) is 0 Å². The molecule has 0 saturated carbocycles. The highest BCUT2D eigenvalue weighted by Gasteiger charge is 2.29. The summed E-state index contributed by atoms with van der Waals surface area (Å²) in [7, 11) is 0. The van der Waals surface area contributed by atoms with Crippen LogP contribution in [-0.4, -0.2) is 10.5 Å². The Balaban J connectivity index is 4.25. The van der Waals surface area contributed by atoms with Gasteiger partial charge in [-0.25, -0.2) is 0 Å². The van der Waals surface area contributed by atoms with Crippen LogP contribution in [0.5, 0.6) is 0 Å². The van der Waals surface area contributed by atoms with Crippen LogP contribution in [0, 0.1) is 0 Å². The average Bonchev–Trinajstić information content (AvgIpc) is 2.67. The molecule has 0 aromatic carbocycles. The fourth-order valence-electron chi connectivity index (χ4n) is 3.69. The quantitative estimate of drug-likeness (QED) is 0.0966. The number of alkyl halides is 1. The first-order valence-corrected chi connectivity index (χ1v) is 13.3. The van der Waals surface area contributed by atoms with Gasteiger partial charge in [-0.2, -0.15) is 0 Å². The van der Waals surface area contributed by atoms with E-state index in [1.807, 2.05) is 0 Å². The minimum Gasteiger partial charge on any atom is -0.447 e. The summed E-state index contributed by atoms with van der Waals surface area (Å²) >= 11 is 3.84. The number of rotatable bonds is 21. The maximum Gasteiger partial charge on any atom is 0.307 e. The first kappa shape index (κ1) is 27.9. The molecular weight excluding hydrogens is 412 g/mol. The molecule has 0 spiro atoms. The monoisotopic (exact) mass is 460 g/mol. The van der Waals surface area contributed by atoms with E-state index in [0.717, 1.165) is 38.5 Å². The summed E-state index contributed by atoms with van der Waals surface area (Å²) in [5.74, 6) is -0.00894. The second-order valence-electron chi connectivity index (χ2n) is 8.56. The number of halogens is 1. The molecule has 0 aliphatic rings. The first-order valence-electron chi connectivity index (χ1n) is 12.5. The normalized spacial score (nSPS) is 11.7. The molecule has 0 N–H and O–H groups in total. The van der Waals surface area contributed by atoms with Crippen molar-refractivity contribution in [2.45, 2.75) is 154 Å². The van der Waals surface area contributed by atoms with Crippen LogP contribution in [0.25, 0.3) is 0 Å². The van der Waals surface area contributed by atoms with E-state index in [1.165, 1.54) is 83.5 Å². The van der Waals surface area contributed by atoms with Crippen LogP contribution in [-0.2, 0) is 9.53 Å². The molecule has 0 aromatic rings. The molecule has 168 valence electrons. The second kappa shape index (κ2) is 20.2. The van der Waals surface area contributed by atoms with Crippen molar-refractivity contribution in [2.24, 2.45) is 0 Å². The largest absolute Gasteiger partial charge is 0.447 e. The van der Waals surface area contributed by atoms with E-state index in [1.54, 1.807) is 0 Å². The highest BCUT2D eigenvalue weighted by molar-refractivity contribution is 9.10. The predicted molar refractivity (Wildman–Crippen MR) is 127 cm³/mol. The summed E-state index contributed by atoms with van der Waals surface area (Å²) < 4.78 is 5.55. The zero-order valence-corrected chi connectivity index (χ0v) is 20.9. The van der Waals surface area contributed by atoms with Crippen LogP contribution < -0.4 is 0 Å². The molecule has 0 atom stereocenters. The van der Waals surface area contributed by atoms with Gasteiger partial charge in [-0.15, -0.1) is 0 Å². The highest BCUT2D eigenvalue weighted by atomic mass is 79.9. The zero-order valence-electron chi connectivity index (χ0n) is 19.3. The number of hydrogen-bond acceptors (Lipinski definition) is 2. The van der Waals surface area contributed by atoms with Crippen molar-refractivity contribution in [1.82, 2.24) is 0 Å². The number of hydrogen-bond donors (Lipinski definition) is 0. The molecule has 0 aliphatic carbocycles. The molecular formula is C25H49BrO2. The second-order valence-corrected chi connectivity index (χ2v) is 10.0. The van der Waals surface area contributed by atoms with Gasteiger partial charge in [0.15, 0.2) is 4.51 Å². The van der Waals surface area contributed by atoms with Crippen LogP contribution in [0.4, 0.5) is 0 Å². The van der Waals surface area contributed by atoms with E-state index in [-0.39, 0.29) is 5.97 Å². The molecule has 0 aliphatic heterocycles. The third-order valence-corrected chi connectivity index (χ3v) is 6.54. The van der Waals surface area contributed by atoms with Gasteiger partial charge in [-0.3, -0.25) is 4.79 Å². The molecule has 0 radical (unpaired) electrons. The van der Waals surface area contributed by atoms with Crippen LogP contribution in [0.15, 0.2) is 0 Å². The van der Waals surface area contributed by atoms with Gasteiger partial charge in [0.1, 0.15) is 0 Å². The van der Waals surface area contributed by atoms with Crippen LogP contribution in [0.3, 0.4) is 0 Å². The van der Waals surface area contributed by atoms with Crippen molar-refractivity contribution >= 4 is 21.9 Å². The number of carbonyl (C=O) groups excluding carboxylic acids is 1. The van der Waals surface area contributed by atoms with E-state index in [0.29, 0.717) is 6.42 Å². The van der Waals surface area contributed by atoms with Crippen molar-refractivity contribution in [3.05, 3.63) is 0 Å². The highest BCUT2D eigenvalue weighted by Crippen LogP contribution is 2.34. The standard InChI is InChI=1S/C25H49BrO2/c1-4-7-10-13-16-19-22-25(26,23-20-17-14-11-8-5-2)28-24(27)21-18-15-12-9-6-3/h4-23H2,1-3H3. The Morgan fingerprint density at radius 2 is 0.964 bits per heavy atom. The van der Waals surface area contributed by atoms with Crippen molar-refractivity contribution in [3.63, 3.8) is 0 Å². The molecule has 0 saturated heterocycles. The molecule has 0 amide bonds. The van der Waals surface area contributed by atoms with Gasteiger partial charge in [0.2, 0.25) is 0 Å². The number of unbranched alkanes of at least 4 members (excludes halogenated alkanes) is 14. The molecule has 0 fully saturated rings. The lowest BCUT2D eigenvalue weighted by Crippen LogP contribution is -2.28. The Bertz CT molecular complexity index is 327. The van der Waals surface area contributed by atoms with Crippen molar-refractivity contribution in [3.8, 4) is 0 Å². The van der Waals surface area contributed by atoms with Gasteiger partial charge in [-0.1, -0.05) is 111 Å². The number of carbonyl (C=O) groups is 1. The smallest absolute Gasteiger partial charge is 0.307 e. The Morgan fingerprint density at radius 1 is 0.607 bits per heavy atom. The van der Waals surface area contributed by atoms with E-state index in [4.69, 9.17) is 4.74 Å². The number of esters is 1. The summed E-state index contributed by atoms with van der Waals surface area (Å²) in [6.07, 6.45) is 23.7. The Hall–Kier alpha value is -0.0500. The predicted octanol–water partition coefficient (Wildman–Crippen LogP) is 9.48. The third kappa shape index (κ3) is 18.0. The lowest BCUT2D eigenvalue weighted by Gasteiger charge is -2.28. The Labute approximate surface area is 185 Å². The van der Waals surface area contributed by atoms with E-state index in [9.17, 15) is 4.79 Å². The van der Waals surface area contributed by atoms with Crippen LogP contribution in [0.2, 0.25) is 0 Å². The summed E-state index contributed by atoms with van der Waals surface area (Å²) in [6.45, 7) is 6.73. The molecule has 0 bridgehead atoms. The van der Waals surface area contributed by atoms with Crippen LogP contribution in [0.1, 0.15) is 149 Å². The number of ether oxygens (including phenoxy) is 1. The third-order valence-electron chi connectivity index (χ3n) is 5.59. The lowest BCUT2D eigenvalue weighted by molar-refractivity contribution is -0.152. The van der Waals surface area contributed by atoms with Gasteiger partial charge >= 0.3 is 5.97 Å². The maximum atomic E-state index is 12.4. The fraction of sp³-hybridized carbons (Fsp3) is 0.960. The minimum atomic E-state index is -0.428. The van der Waals surface area contributed by atoms with E-state index >= 15 is 0 Å². The molecule has 28 heavy (non-hydrogen) atoms. The van der Waals surface area contributed by atoms with Crippen molar-refractivity contribution < 1.29 is 9.53 Å². The first-order chi connectivity index (χ1) is 13.6. The Kier molecular flexibility index (Phi) is 20.2. The summed E-state index contributed by atoms with van der Waals surface area (Å²) in [4.78, 5) is 12.4. The van der Waals surface area contributed by atoms with E-state index in [2.05, 4.69) is 36.7 Å². The fourth-order valence-corrected chi connectivity index (χ4v) is 4.43. The van der Waals surface area contributed by atoms with Crippen LogP contribution >= 0.6 is 15.9 Å². The summed E-state index contributed by atoms with van der Waals surface area (Å²) in [5.41, 5.74) is 0. The van der Waals surface area contributed by atoms with Crippen molar-refractivity contribution in [2.75, 3.05) is 0 Å². The van der Waals surface area contributed by atoms with Crippen molar-refractivity contribution in [1.29, 1.82) is 0 Å². The molecule has 3 heteroatoms. The summed E-state index contributed by atoms with van der Waals surface area (Å²) in [6, 6.07) is 0. The molecule has 0 heterocycles. The van der Waals surface area contributed by atoms with Gasteiger partial charge in [0.25, 0.3) is 0 Å². The lowest BCUT2D eigenvalue weighted by atomic mass is 10.0. The topological polar surface area (TPSA) is 26.3 Å². The van der Waals surface area contributed by atoms with Gasteiger partial charge in [-0.05, 0) is 48.0 Å². The SMILES string of the molecule is CCCCCCCCC(Br)(CCCCCCCC)OC(=O)CCCCCCC. The molecule has 0 unspecified atom stereocenters. The van der Waals surface area contributed by atoms with Gasteiger partial charge in [0, 0.05) is 6.42 Å².